The van der Waals surface area contributed by atoms with Gasteiger partial charge in [-0.3, -0.25) is 4.79 Å². The summed E-state index contributed by atoms with van der Waals surface area (Å²) in [5.41, 5.74) is 1.16. The average Bonchev–Trinajstić information content (AvgIpc) is 2.48. The Hall–Kier alpha value is -0.710. The number of fused-ring (bicyclic) bond motifs is 1. The Kier molecular flexibility index (Phi) is 4.77. The van der Waals surface area contributed by atoms with Crippen molar-refractivity contribution in [2.75, 3.05) is 12.3 Å². The molecule has 3 atom stereocenters. The molecule has 3 nitrogen and oxygen atoms in total. The second-order valence-electron chi connectivity index (χ2n) is 6.02. The number of benzene rings is 1. The van der Waals surface area contributed by atoms with Gasteiger partial charge in [0.15, 0.2) is 0 Å². The number of halogens is 1. The van der Waals surface area contributed by atoms with E-state index in [9.17, 15) is 4.79 Å². The van der Waals surface area contributed by atoms with Crippen molar-refractivity contribution in [2.24, 2.45) is 5.92 Å². The van der Waals surface area contributed by atoms with Gasteiger partial charge in [-0.25, -0.2) is 0 Å². The molecule has 1 amide bonds. The molecule has 1 saturated heterocycles. The van der Waals surface area contributed by atoms with E-state index < -0.39 is 0 Å². The SMILES string of the molecule is CC1CCNC(C(=O)NC2CCSc3ccc(Cl)cc32)C1. The first-order chi connectivity index (χ1) is 10.1. The van der Waals surface area contributed by atoms with Crippen LogP contribution in [0.2, 0.25) is 5.02 Å². The van der Waals surface area contributed by atoms with Crippen molar-refractivity contribution in [1.29, 1.82) is 0 Å². The van der Waals surface area contributed by atoms with Gasteiger partial charge in [0.2, 0.25) is 5.91 Å². The zero-order valence-corrected chi connectivity index (χ0v) is 13.8. The summed E-state index contributed by atoms with van der Waals surface area (Å²) in [4.78, 5) is 13.7. The van der Waals surface area contributed by atoms with Gasteiger partial charge in [-0.1, -0.05) is 18.5 Å². The van der Waals surface area contributed by atoms with E-state index in [-0.39, 0.29) is 18.0 Å². The lowest BCUT2D eigenvalue weighted by atomic mass is 9.93. The minimum absolute atomic E-state index is 0.0500. The van der Waals surface area contributed by atoms with Crippen LogP contribution in [0.15, 0.2) is 23.1 Å². The second kappa shape index (κ2) is 6.59. The summed E-state index contributed by atoms with van der Waals surface area (Å²) in [6.45, 7) is 3.15. The van der Waals surface area contributed by atoms with Crippen molar-refractivity contribution in [1.82, 2.24) is 10.6 Å². The van der Waals surface area contributed by atoms with E-state index in [0.29, 0.717) is 5.92 Å². The van der Waals surface area contributed by atoms with Gasteiger partial charge in [0.25, 0.3) is 0 Å². The van der Waals surface area contributed by atoms with Gasteiger partial charge in [-0.2, -0.15) is 0 Å². The smallest absolute Gasteiger partial charge is 0.237 e. The molecule has 0 bridgehead atoms. The van der Waals surface area contributed by atoms with Crippen LogP contribution in [-0.4, -0.2) is 24.2 Å². The van der Waals surface area contributed by atoms with E-state index in [1.165, 1.54) is 4.90 Å². The normalized spacial score (nSPS) is 28.8. The second-order valence-corrected chi connectivity index (χ2v) is 7.59. The van der Waals surface area contributed by atoms with E-state index in [1.807, 2.05) is 23.9 Å². The Balaban J connectivity index is 1.71. The highest BCUT2D eigenvalue weighted by atomic mass is 35.5. The van der Waals surface area contributed by atoms with Crippen LogP contribution in [-0.2, 0) is 4.79 Å². The van der Waals surface area contributed by atoms with E-state index in [1.54, 1.807) is 0 Å². The van der Waals surface area contributed by atoms with Gasteiger partial charge >= 0.3 is 0 Å². The van der Waals surface area contributed by atoms with Crippen molar-refractivity contribution < 1.29 is 4.79 Å². The van der Waals surface area contributed by atoms with Crippen LogP contribution >= 0.6 is 23.4 Å². The van der Waals surface area contributed by atoms with Crippen molar-refractivity contribution in [3.05, 3.63) is 28.8 Å². The molecule has 0 spiro atoms. The van der Waals surface area contributed by atoms with Crippen LogP contribution in [0.1, 0.15) is 37.8 Å². The molecule has 2 aliphatic rings. The number of thioether (sulfide) groups is 1. The third kappa shape index (κ3) is 3.55. The van der Waals surface area contributed by atoms with Crippen LogP contribution < -0.4 is 10.6 Å². The minimum Gasteiger partial charge on any atom is -0.348 e. The highest BCUT2D eigenvalue weighted by Crippen LogP contribution is 2.37. The highest BCUT2D eigenvalue weighted by Gasteiger charge is 2.28. The minimum atomic E-state index is -0.0500. The van der Waals surface area contributed by atoms with Gasteiger partial charge in [0.1, 0.15) is 0 Å². The average molecular weight is 325 g/mol. The Morgan fingerprint density at radius 3 is 3.10 bits per heavy atom. The molecule has 2 heterocycles. The van der Waals surface area contributed by atoms with Gasteiger partial charge in [-0.05, 0) is 55.5 Å². The maximum absolute atomic E-state index is 12.5. The van der Waals surface area contributed by atoms with Crippen molar-refractivity contribution in [3.8, 4) is 0 Å². The number of nitrogens with one attached hydrogen (secondary N) is 2. The third-order valence-electron chi connectivity index (χ3n) is 4.31. The molecule has 2 N–H and O–H groups in total. The molecule has 21 heavy (non-hydrogen) atoms. The number of carbonyl (C=O) groups excluding carboxylic acids is 1. The predicted molar refractivity (Wildman–Crippen MR) is 87.9 cm³/mol. The molecule has 2 aliphatic heterocycles. The topological polar surface area (TPSA) is 41.1 Å². The number of rotatable bonds is 2. The van der Waals surface area contributed by atoms with Crippen LogP contribution in [0.4, 0.5) is 0 Å². The summed E-state index contributed by atoms with van der Waals surface area (Å²) < 4.78 is 0. The Morgan fingerprint density at radius 1 is 1.43 bits per heavy atom. The molecule has 1 aromatic rings. The first kappa shape index (κ1) is 15.2. The van der Waals surface area contributed by atoms with Gasteiger partial charge in [0, 0.05) is 15.7 Å². The predicted octanol–water partition coefficient (Wildman–Crippen LogP) is 3.38. The van der Waals surface area contributed by atoms with Gasteiger partial charge < -0.3 is 10.6 Å². The summed E-state index contributed by atoms with van der Waals surface area (Å²) >= 11 is 7.95. The number of piperidine rings is 1. The highest BCUT2D eigenvalue weighted by molar-refractivity contribution is 7.99. The number of carbonyl (C=O) groups is 1. The zero-order chi connectivity index (χ0) is 14.8. The fraction of sp³-hybridized carbons (Fsp3) is 0.562. The Labute approximate surface area is 135 Å². The molecule has 3 rings (SSSR count). The maximum Gasteiger partial charge on any atom is 0.237 e. The fourth-order valence-corrected chi connectivity index (χ4v) is 4.38. The lowest BCUT2D eigenvalue weighted by Crippen LogP contribution is -2.49. The van der Waals surface area contributed by atoms with E-state index in [0.717, 1.165) is 42.1 Å². The summed E-state index contributed by atoms with van der Waals surface area (Å²) in [6.07, 6.45) is 3.05. The number of hydrogen-bond donors (Lipinski definition) is 2. The van der Waals surface area contributed by atoms with Crippen LogP contribution in [0.25, 0.3) is 0 Å². The molecule has 5 heteroatoms. The molecule has 0 radical (unpaired) electrons. The maximum atomic E-state index is 12.5. The monoisotopic (exact) mass is 324 g/mol. The van der Waals surface area contributed by atoms with Crippen molar-refractivity contribution in [3.63, 3.8) is 0 Å². The molecular formula is C16H21ClN2OS. The molecule has 3 unspecified atom stereocenters. The molecule has 1 aromatic carbocycles. The standard InChI is InChI=1S/C16H21ClN2OS/c1-10-4-6-18-14(8-10)16(20)19-13-5-7-21-15-3-2-11(17)9-12(13)15/h2-3,9-10,13-14,18H,4-8H2,1H3,(H,19,20). The first-order valence-corrected chi connectivity index (χ1v) is 8.96. The summed E-state index contributed by atoms with van der Waals surface area (Å²) in [5, 5.41) is 7.29. The number of amides is 1. The molecule has 0 aliphatic carbocycles. The summed E-state index contributed by atoms with van der Waals surface area (Å²) in [5.74, 6) is 1.78. The first-order valence-electron chi connectivity index (χ1n) is 7.59. The van der Waals surface area contributed by atoms with Gasteiger partial charge in [0.05, 0.1) is 12.1 Å². The lowest BCUT2D eigenvalue weighted by molar-refractivity contribution is -0.124. The molecule has 114 valence electrons. The largest absolute Gasteiger partial charge is 0.348 e. The quantitative estimate of drug-likeness (QED) is 0.876. The van der Waals surface area contributed by atoms with Crippen LogP contribution in [0.5, 0.6) is 0 Å². The van der Waals surface area contributed by atoms with E-state index in [2.05, 4.69) is 23.6 Å². The molecule has 1 fully saturated rings. The van der Waals surface area contributed by atoms with E-state index in [4.69, 9.17) is 11.6 Å². The number of hydrogen-bond acceptors (Lipinski definition) is 3. The fourth-order valence-electron chi connectivity index (χ4n) is 3.09. The Bertz CT molecular complexity index is 537. The molecule has 0 aromatic heterocycles. The van der Waals surface area contributed by atoms with Crippen molar-refractivity contribution >= 4 is 29.3 Å². The summed E-state index contributed by atoms with van der Waals surface area (Å²) in [7, 11) is 0. The van der Waals surface area contributed by atoms with E-state index >= 15 is 0 Å². The molecule has 0 saturated carbocycles. The van der Waals surface area contributed by atoms with Crippen molar-refractivity contribution in [2.45, 2.75) is 43.2 Å². The van der Waals surface area contributed by atoms with Gasteiger partial charge in [-0.15, -0.1) is 11.8 Å². The van der Waals surface area contributed by atoms with Crippen LogP contribution in [0.3, 0.4) is 0 Å². The van der Waals surface area contributed by atoms with Crippen LogP contribution in [0, 0.1) is 5.92 Å². The zero-order valence-electron chi connectivity index (χ0n) is 12.2. The summed E-state index contributed by atoms with van der Waals surface area (Å²) in [6, 6.07) is 6.01. The lowest BCUT2D eigenvalue weighted by Gasteiger charge is -2.31. The Morgan fingerprint density at radius 2 is 2.29 bits per heavy atom. The molecular weight excluding hydrogens is 304 g/mol. The third-order valence-corrected chi connectivity index (χ3v) is 5.67.